The maximum Gasteiger partial charge on any atom is 0.126 e. The lowest BCUT2D eigenvalue weighted by Gasteiger charge is -2.18. The molecule has 0 saturated carbocycles. The summed E-state index contributed by atoms with van der Waals surface area (Å²) in [6.45, 7) is 3.64. The molecule has 0 saturated heterocycles. The van der Waals surface area contributed by atoms with Crippen LogP contribution in [0.25, 0.3) is 0 Å². The normalized spacial score (nSPS) is 12.4. The molecule has 2 aromatic rings. The zero-order valence-electron chi connectivity index (χ0n) is 11.6. The van der Waals surface area contributed by atoms with Crippen molar-refractivity contribution >= 4 is 0 Å². The van der Waals surface area contributed by atoms with E-state index in [1.807, 2.05) is 6.92 Å². The summed E-state index contributed by atoms with van der Waals surface area (Å²) in [6.07, 6.45) is 0.547. The molecule has 0 fully saturated rings. The van der Waals surface area contributed by atoms with Gasteiger partial charge in [0.15, 0.2) is 0 Å². The summed E-state index contributed by atoms with van der Waals surface area (Å²) in [7, 11) is 0. The zero-order chi connectivity index (χ0) is 14.7. The molecule has 0 bridgehead atoms. The molecule has 2 nitrogen and oxygen atoms in total. The van der Waals surface area contributed by atoms with Gasteiger partial charge in [0.1, 0.15) is 11.6 Å². The van der Waals surface area contributed by atoms with Gasteiger partial charge in [-0.3, -0.25) is 11.3 Å². The van der Waals surface area contributed by atoms with Crippen LogP contribution in [0.2, 0.25) is 0 Å². The first-order chi connectivity index (χ1) is 9.51. The Kier molecular flexibility index (Phi) is 4.47. The minimum atomic E-state index is -0.267. The number of hydrogen-bond acceptors (Lipinski definition) is 2. The first-order valence-corrected chi connectivity index (χ1v) is 6.48. The minimum Gasteiger partial charge on any atom is -0.271 e. The molecule has 2 rings (SSSR count). The van der Waals surface area contributed by atoms with Gasteiger partial charge in [-0.2, -0.15) is 0 Å². The van der Waals surface area contributed by atoms with Crippen LogP contribution in [-0.2, 0) is 6.42 Å². The zero-order valence-corrected chi connectivity index (χ0v) is 11.6. The van der Waals surface area contributed by atoms with E-state index in [-0.39, 0.29) is 17.7 Å². The van der Waals surface area contributed by atoms with E-state index in [1.165, 1.54) is 18.2 Å². The topological polar surface area (TPSA) is 38.0 Å². The molecule has 0 spiro atoms. The number of hydrazine groups is 1. The van der Waals surface area contributed by atoms with Crippen LogP contribution in [0.4, 0.5) is 8.78 Å². The van der Waals surface area contributed by atoms with Crippen molar-refractivity contribution in [2.45, 2.75) is 26.3 Å². The van der Waals surface area contributed by atoms with Crippen molar-refractivity contribution in [2.75, 3.05) is 0 Å². The molecule has 0 radical (unpaired) electrons. The second-order valence-corrected chi connectivity index (χ2v) is 5.00. The Morgan fingerprint density at radius 3 is 2.45 bits per heavy atom. The van der Waals surface area contributed by atoms with Crippen molar-refractivity contribution in [1.29, 1.82) is 0 Å². The van der Waals surface area contributed by atoms with Gasteiger partial charge < -0.3 is 0 Å². The third kappa shape index (κ3) is 3.21. The van der Waals surface area contributed by atoms with Crippen LogP contribution >= 0.6 is 0 Å². The summed E-state index contributed by atoms with van der Waals surface area (Å²) >= 11 is 0. The predicted octanol–water partition coefficient (Wildman–Crippen LogP) is 3.33. The van der Waals surface area contributed by atoms with Crippen LogP contribution < -0.4 is 11.3 Å². The van der Waals surface area contributed by atoms with Crippen LogP contribution in [-0.4, -0.2) is 0 Å². The lowest BCUT2D eigenvalue weighted by atomic mass is 9.95. The second-order valence-electron chi connectivity index (χ2n) is 5.00. The molecule has 0 aromatic heterocycles. The number of hydrogen-bond donors (Lipinski definition) is 2. The van der Waals surface area contributed by atoms with Gasteiger partial charge in [0.05, 0.1) is 6.04 Å². The van der Waals surface area contributed by atoms with Gasteiger partial charge in [-0.25, -0.2) is 8.78 Å². The summed E-state index contributed by atoms with van der Waals surface area (Å²) in [5, 5.41) is 0. The summed E-state index contributed by atoms with van der Waals surface area (Å²) in [4.78, 5) is 0. The van der Waals surface area contributed by atoms with E-state index in [1.54, 1.807) is 25.1 Å². The van der Waals surface area contributed by atoms with E-state index in [9.17, 15) is 8.78 Å². The number of halogens is 2. The van der Waals surface area contributed by atoms with Crippen molar-refractivity contribution in [1.82, 2.24) is 5.43 Å². The highest BCUT2D eigenvalue weighted by molar-refractivity contribution is 5.31. The predicted molar refractivity (Wildman–Crippen MR) is 76.0 cm³/mol. The van der Waals surface area contributed by atoms with E-state index in [0.29, 0.717) is 12.0 Å². The van der Waals surface area contributed by atoms with Crippen LogP contribution in [0.3, 0.4) is 0 Å². The SMILES string of the molecule is Cc1cc(C(Cc2cc(F)ccc2C)NN)ccc1F. The molecule has 3 N–H and O–H groups in total. The van der Waals surface area contributed by atoms with Crippen LogP contribution in [0.5, 0.6) is 0 Å². The molecular weight excluding hydrogens is 258 g/mol. The molecule has 0 aliphatic carbocycles. The third-order valence-electron chi connectivity index (χ3n) is 3.52. The summed E-state index contributed by atoms with van der Waals surface area (Å²) in [5.41, 5.74) is 6.06. The number of nitrogens with one attached hydrogen (secondary N) is 1. The molecule has 1 atom stereocenters. The maximum atomic E-state index is 13.3. The Labute approximate surface area is 117 Å². The highest BCUT2D eigenvalue weighted by Crippen LogP contribution is 2.22. The number of rotatable bonds is 4. The Morgan fingerprint density at radius 1 is 1.05 bits per heavy atom. The van der Waals surface area contributed by atoms with Crippen molar-refractivity contribution in [2.24, 2.45) is 5.84 Å². The Morgan fingerprint density at radius 2 is 1.80 bits per heavy atom. The number of nitrogens with two attached hydrogens (primary N) is 1. The van der Waals surface area contributed by atoms with Gasteiger partial charge in [0, 0.05) is 0 Å². The van der Waals surface area contributed by atoms with E-state index in [0.717, 1.165) is 16.7 Å². The molecule has 2 aromatic carbocycles. The van der Waals surface area contributed by atoms with Gasteiger partial charge >= 0.3 is 0 Å². The average molecular weight is 276 g/mol. The van der Waals surface area contributed by atoms with E-state index in [4.69, 9.17) is 5.84 Å². The van der Waals surface area contributed by atoms with Crippen molar-refractivity contribution in [3.63, 3.8) is 0 Å². The Bertz CT molecular complexity index is 611. The highest BCUT2D eigenvalue weighted by atomic mass is 19.1. The van der Waals surface area contributed by atoms with Gasteiger partial charge in [-0.1, -0.05) is 18.2 Å². The van der Waals surface area contributed by atoms with Gasteiger partial charge in [-0.15, -0.1) is 0 Å². The average Bonchev–Trinajstić information content (AvgIpc) is 2.43. The summed E-state index contributed by atoms with van der Waals surface area (Å²) in [5.74, 6) is 5.08. The smallest absolute Gasteiger partial charge is 0.126 e. The lowest BCUT2D eigenvalue weighted by Crippen LogP contribution is -2.29. The lowest BCUT2D eigenvalue weighted by molar-refractivity contribution is 0.544. The van der Waals surface area contributed by atoms with Gasteiger partial charge in [0.2, 0.25) is 0 Å². The summed E-state index contributed by atoms with van der Waals surface area (Å²) in [6, 6.07) is 9.38. The quantitative estimate of drug-likeness (QED) is 0.664. The minimum absolute atomic E-state index is 0.185. The first kappa shape index (κ1) is 14.6. The number of aryl methyl sites for hydroxylation is 2. The monoisotopic (exact) mass is 276 g/mol. The van der Waals surface area contributed by atoms with Crippen molar-refractivity contribution < 1.29 is 8.78 Å². The van der Waals surface area contributed by atoms with Crippen LogP contribution in [0.1, 0.15) is 28.3 Å². The van der Waals surface area contributed by atoms with Crippen LogP contribution in [0.15, 0.2) is 36.4 Å². The Hall–Kier alpha value is -1.78. The summed E-state index contributed by atoms with van der Waals surface area (Å²) < 4.78 is 26.6. The molecule has 4 heteroatoms. The van der Waals surface area contributed by atoms with Gasteiger partial charge in [0.25, 0.3) is 0 Å². The van der Waals surface area contributed by atoms with E-state index >= 15 is 0 Å². The molecule has 106 valence electrons. The maximum absolute atomic E-state index is 13.3. The van der Waals surface area contributed by atoms with Crippen molar-refractivity contribution in [3.8, 4) is 0 Å². The fourth-order valence-electron chi connectivity index (χ4n) is 2.24. The number of benzene rings is 2. The molecule has 1 unspecified atom stereocenters. The third-order valence-corrected chi connectivity index (χ3v) is 3.52. The standard InChI is InChI=1S/C16H18F2N2/c1-10-3-5-14(17)8-13(10)9-16(20-19)12-4-6-15(18)11(2)7-12/h3-8,16,20H,9,19H2,1-2H3. The fraction of sp³-hybridized carbons (Fsp3) is 0.250. The molecule has 0 heterocycles. The molecule has 0 aliphatic heterocycles. The van der Waals surface area contributed by atoms with Crippen LogP contribution in [0, 0.1) is 25.5 Å². The second kappa shape index (κ2) is 6.11. The van der Waals surface area contributed by atoms with Gasteiger partial charge in [-0.05, 0) is 60.7 Å². The fourth-order valence-corrected chi connectivity index (χ4v) is 2.24. The molecule has 20 heavy (non-hydrogen) atoms. The molecular formula is C16H18F2N2. The van der Waals surface area contributed by atoms with Crippen molar-refractivity contribution in [3.05, 3.63) is 70.3 Å². The highest BCUT2D eigenvalue weighted by Gasteiger charge is 2.13. The molecule has 0 amide bonds. The van der Waals surface area contributed by atoms with E-state index < -0.39 is 0 Å². The molecule has 0 aliphatic rings. The van der Waals surface area contributed by atoms with E-state index in [2.05, 4.69) is 5.43 Å². The first-order valence-electron chi connectivity index (χ1n) is 6.48. The Balaban J connectivity index is 2.28. The largest absolute Gasteiger partial charge is 0.271 e.